The summed E-state index contributed by atoms with van der Waals surface area (Å²) in [6.07, 6.45) is 3.97. The Kier molecular flexibility index (Phi) is 3.43. The van der Waals surface area contributed by atoms with E-state index >= 15 is 0 Å². The Morgan fingerprint density at radius 2 is 2.17 bits per heavy atom. The minimum atomic E-state index is -0.461. The second-order valence-corrected chi connectivity index (χ2v) is 7.34. The highest BCUT2D eigenvalue weighted by Gasteiger charge is 2.56. The molecular formula is C17H24N4O2. The summed E-state index contributed by atoms with van der Waals surface area (Å²) < 4.78 is 5.66. The van der Waals surface area contributed by atoms with Gasteiger partial charge in [0.25, 0.3) is 0 Å². The van der Waals surface area contributed by atoms with Gasteiger partial charge in [-0.15, -0.1) is 0 Å². The molecule has 3 aliphatic heterocycles. The molecule has 2 atom stereocenters. The Morgan fingerprint density at radius 3 is 2.87 bits per heavy atom. The number of hydrogen-bond acceptors (Lipinski definition) is 5. The van der Waals surface area contributed by atoms with Crippen LogP contribution in [0.1, 0.15) is 36.8 Å². The van der Waals surface area contributed by atoms with E-state index in [2.05, 4.69) is 33.7 Å². The molecule has 0 bridgehead atoms. The molecule has 4 rings (SSSR count). The number of rotatable bonds is 1. The molecule has 0 unspecified atom stereocenters. The summed E-state index contributed by atoms with van der Waals surface area (Å²) >= 11 is 0. The van der Waals surface area contributed by atoms with Gasteiger partial charge in [-0.1, -0.05) is 0 Å². The number of carbonyl (C=O) groups is 1. The fraction of sp³-hybridized carbons (Fsp3) is 0.706. The van der Waals surface area contributed by atoms with E-state index < -0.39 is 5.41 Å². The number of fused-ring (bicyclic) bond motifs is 2. The molecular weight excluding hydrogens is 292 g/mol. The van der Waals surface area contributed by atoms with Gasteiger partial charge in [-0.3, -0.25) is 4.79 Å². The number of ether oxygens (including phenoxy) is 1. The summed E-state index contributed by atoms with van der Waals surface area (Å²) in [5.41, 5.74) is 1.62. The van der Waals surface area contributed by atoms with Crippen molar-refractivity contribution < 1.29 is 9.53 Å². The standard InChI is InChI=1S/C17H24N4O2/c1-11-6-14(4-5-23-11)21-8-13-7-18-12(2)19-15(13)17(16(21)22)9-20(3)10-17/h7,11,14H,4-6,8-10H2,1-3H3/t11-,14+/m1/s1. The first-order valence-electron chi connectivity index (χ1n) is 8.44. The molecule has 4 heterocycles. The highest BCUT2D eigenvalue weighted by Crippen LogP contribution is 2.41. The average Bonchev–Trinajstić information content (AvgIpc) is 2.49. The van der Waals surface area contributed by atoms with Crippen LogP contribution in [0.5, 0.6) is 0 Å². The maximum Gasteiger partial charge on any atom is 0.238 e. The van der Waals surface area contributed by atoms with Crippen molar-refractivity contribution in [3.63, 3.8) is 0 Å². The van der Waals surface area contributed by atoms with E-state index in [1.165, 1.54) is 0 Å². The predicted octanol–water partition coefficient (Wildman–Crippen LogP) is 0.878. The Morgan fingerprint density at radius 1 is 1.39 bits per heavy atom. The molecule has 6 heteroatoms. The molecule has 23 heavy (non-hydrogen) atoms. The van der Waals surface area contributed by atoms with Crippen LogP contribution in [0.2, 0.25) is 0 Å². The minimum Gasteiger partial charge on any atom is -0.378 e. The fourth-order valence-electron chi connectivity index (χ4n) is 4.37. The summed E-state index contributed by atoms with van der Waals surface area (Å²) in [7, 11) is 2.06. The smallest absolute Gasteiger partial charge is 0.238 e. The monoisotopic (exact) mass is 316 g/mol. The molecule has 0 N–H and O–H groups in total. The number of amides is 1. The zero-order valence-corrected chi connectivity index (χ0v) is 14.1. The first-order chi connectivity index (χ1) is 11.0. The number of hydrogen-bond donors (Lipinski definition) is 0. The molecule has 1 aromatic heterocycles. The van der Waals surface area contributed by atoms with E-state index in [9.17, 15) is 4.79 Å². The van der Waals surface area contributed by atoms with Gasteiger partial charge < -0.3 is 14.5 Å². The summed E-state index contributed by atoms with van der Waals surface area (Å²) in [5.74, 6) is 0.999. The minimum absolute atomic E-state index is 0.220. The predicted molar refractivity (Wildman–Crippen MR) is 84.9 cm³/mol. The summed E-state index contributed by atoms with van der Waals surface area (Å²) in [6.45, 7) is 6.87. The largest absolute Gasteiger partial charge is 0.378 e. The molecule has 0 radical (unpaired) electrons. The van der Waals surface area contributed by atoms with E-state index in [1.807, 2.05) is 13.1 Å². The van der Waals surface area contributed by atoms with Crippen molar-refractivity contribution in [2.75, 3.05) is 26.7 Å². The van der Waals surface area contributed by atoms with Crippen LogP contribution in [0.25, 0.3) is 0 Å². The van der Waals surface area contributed by atoms with E-state index in [-0.39, 0.29) is 18.1 Å². The molecule has 0 saturated carbocycles. The SMILES string of the molecule is Cc1ncc2c(n1)C1(CN(C)C1)C(=O)N([C@H]1CCO[C@H](C)C1)C2. The Hall–Kier alpha value is -1.53. The zero-order valence-electron chi connectivity index (χ0n) is 14.1. The van der Waals surface area contributed by atoms with E-state index in [0.717, 1.165) is 49.6 Å². The molecule has 2 fully saturated rings. The lowest BCUT2D eigenvalue weighted by Crippen LogP contribution is -2.69. The van der Waals surface area contributed by atoms with Gasteiger partial charge in [0.05, 0.1) is 11.8 Å². The average molecular weight is 316 g/mol. The molecule has 1 aromatic rings. The lowest BCUT2D eigenvalue weighted by atomic mass is 9.71. The van der Waals surface area contributed by atoms with Crippen molar-refractivity contribution >= 4 is 5.91 Å². The second kappa shape index (κ2) is 5.24. The molecule has 0 aromatic carbocycles. The third-order valence-corrected chi connectivity index (χ3v) is 5.43. The van der Waals surface area contributed by atoms with Gasteiger partial charge >= 0.3 is 0 Å². The Balaban J connectivity index is 1.72. The fourth-order valence-corrected chi connectivity index (χ4v) is 4.37. The maximum atomic E-state index is 13.4. The third-order valence-electron chi connectivity index (χ3n) is 5.43. The van der Waals surface area contributed by atoms with Crippen LogP contribution in [-0.2, 0) is 21.5 Å². The van der Waals surface area contributed by atoms with Crippen molar-refractivity contribution in [1.29, 1.82) is 0 Å². The number of likely N-dealkylation sites (tertiary alicyclic amines) is 1. The topological polar surface area (TPSA) is 58.6 Å². The van der Waals surface area contributed by atoms with Crippen LogP contribution < -0.4 is 0 Å². The van der Waals surface area contributed by atoms with Crippen LogP contribution in [-0.4, -0.2) is 64.6 Å². The van der Waals surface area contributed by atoms with E-state index in [0.29, 0.717) is 6.54 Å². The summed E-state index contributed by atoms with van der Waals surface area (Å²) in [4.78, 5) is 26.6. The maximum absolute atomic E-state index is 13.4. The molecule has 6 nitrogen and oxygen atoms in total. The van der Waals surface area contributed by atoms with Gasteiger partial charge in [0.1, 0.15) is 11.2 Å². The van der Waals surface area contributed by atoms with Crippen LogP contribution in [0.4, 0.5) is 0 Å². The van der Waals surface area contributed by atoms with Crippen LogP contribution >= 0.6 is 0 Å². The van der Waals surface area contributed by atoms with Crippen molar-refractivity contribution in [3.05, 3.63) is 23.3 Å². The first kappa shape index (κ1) is 15.0. The quantitative estimate of drug-likeness (QED) is 0.770. The summed E-state index contributed by atoms with van der Waals surface area (Å²) in [5, 5.41) is 0. The van der Waals surface area contributed by atoms with Gasteiger partial charge in [0.2, 0.25) is 5.91 Å². The molecule has 0 aliphatic carbocycles. The first-order valence-corrected chi connectivity index (χ1v) is 8.44. The van der Waals surface area contributed by atoms with E-state index in [4.69, 9.17) is 4.74 Å². The van der Waals surface area contributed by atoms with Gasteiger partial charge in [0.15, 0.2) is 0 Å². The third kappa shape index (κ3) is 2.27. The lowest BCUT2D eigenvalue weighted by molar-refractivity contribution is -0.152. The normalized spacial score (nSPS) is 30.2. The Labute approximate surface area is 136 Å². The van der Waals surface area contributed by atoms with Crippen LogP contribution in [0.15, 0.2) is 6.20 Å². The molecule has 124 valence electrons. The Bertz CT molecular complexity index is 641. The highest BCUT2D eigenvalue weighted by molar-refractivity contribution is 5.91. The molecule has 3 aliphatic rings. The van der Waals surface area contributed by atoms with Crippen LogP contribution in [0.3, 0.4) is 0 Å². The number of carbonyl (C=O) groups excluding carboxylic acids is 1. The number of nitrogens with zero attached hydrogens (tertiary/aromatic N) is 4. The van der Waals surface area contributed by atoms with Gasteiger partial charge in [-0.25, -0.2) is 9.97 Å². The van der Waals surface area contributed by atoms with Gasteiger partial charge in [0, 0.05) is 44.0 Å². The number of likely N-dealkylation sites (N-methyl/N-ethyl adjacent to an activating group) is 1. The second-order valence-electron chi connectivity index (χ2n) is 7.34. The number of aromatic nitrogens is 2. The molecule has 1 spiro atoms. The van der Waals surface area contributed by atoms with Gasteiger partial charge in [-0.05, 0) is 33.7 Å². The lowest BCUT2D eigenvalue weighted by Gasteiger charge is -2.53. The highest BCUT2D eigenvalue weighted by atomic mass is 16.5. The van der Waals surface area contributed by atoms with Crippen molar-refractivity contribution in [2.45, 2.75) is 50.8 Å². The summed E-state index contributed by atoms with van der Waals surface area (Å²) in [6, 6.07) is 0.267. The number of aryl methyl sites for hydroxylation is 1. The zero-order chi connectivity index (χ0) is 16.2. The van der Waals surface area contributed by atoms with Crippen molar-refractivity contribution in [1.82, 2.24) is 19.8 Å². The van der Waals surface area contributed by atoms with Gasteiger partial charge in [-0.2, -0.15) is 0 Å². The molecule has 2 saturated heterocycles. The van der Waals surface area contributed by atoms with E-state index in [1.54, 1.807) is 0 Å². The van der Waals surface area contributed by atoms with Crippen molar-refractivity contribution in [3.8, 4) is 0 Å². The molecule has 1 amide bonds. The van der Waals surface area contributed by atoms with Crippen LogP contribution in [0, 0.1) is 6.92 Å². The van der Waals surface area contributed by atoms with Crippen molar-refractivity contribution in [2.24, 2.45) is 0 Å².